The summed E-state index contributed by atoms with van der Waals surface area (Å²) in [6, 6.07) is -0.378. The van der Waals surface area contributed by atoms with Gasteiger partial charge in [0.05, 0.1) is 6.10 Å². The molecular weight excluding hydrogens is 248 g/mol. The van der Waals surface area contributed by atoms with Crippen LogP contribution in [0.1, 0.15) is 34.1 Å². The molecule has 6 nitrogen and oxygen atoms in total. The summed E-state index contributed by atoms with van der Waals surface area (Å²) in [5.74, 6) is -1.03. The zero-order valence-electron chi connectivity index (χ0n) is 12.5. The summed E-state index contributed by atoms with van der Waals surface area (Å²) in [6.45, 7) is 7.05. The summed E-state index contributed by atoms with van der Waals surface area (Å²) in [6.07, 6.45) is 0.868. The van der Waals surface area contributed by atoms with Crippen molar-refractivity contribution in [1.82, 2.24) is 10.2 Å². The fourth-order valence-corrected chi connectivity index (χ4v) is 2.17. The molecule has 1 saturated carbocycles. The monoisotopic (exact) mass is 272 g/mol. The average Bonchev–Trinajstić information content (AvgIpc) is 2.32. The Morgan fingerprint density at radius 1 is 1.42 bits per heavy atom. The summed E-state index contributed by atoms with van der Waals surface area (Å²) in [7, 11) is 3.15. The second-order valence-electron chi connectivity index (χ2n) is 6.21. The lowest BCUT2D eigenvalue weighted by Gasteiger charge is -2.51. The molecule has 1 aliphatic rings. The molecule has 0 saturated heterocycles. The number of nitrogens with one attached hydrogen (secondary N) is 1. The lowest BCUT2D eigenvalue weighted by atomic mass is 9.64. The second kappa shape index (κ2) is 5.00. The number of urea groups is 1. The predicted molar refractivity (Wildman–Crippen MR) is 71.0 cm³/mol. The number of ether oxygens (including phenoxy) is 1. The van der Waals surface area contributed by atoms with E-state index in [1.54, 1.807) is 7.11 Å². The van der Waals surface area contributed by atoms with Crippen LogP contribution >= 0.6 is 0 Å². The van der Waals surface area contributed by atoms with Crippen molar-refractivity contribution < 1.29 is 19.4 Å². The van der Waals surface area contributed by atoms with E-state index in [0.717, 1.165) is 6.42 Å². The molecule has 110 valence electrons. The second-order valence-corrected chi connectivity index (χ2v) is 6.21. The zero-order chi connectivity index (χ0) is 15.0. The molecule has 0 aromatic rings. The SMILES string of the molecule is COC1CC(NC(=O)N(C)C(C)(C)C(=O)O)C1(C)C. The normalized spacial score (nSPS) is 25.4. The summed E-state index contributed by atoms with van der Waals surface area (Å²) in [4.78, 5) is 24.4. The minimum Gasteiger partial charge on any atom is -0.480 e. The third kappa shape index (κ3) is 2.68. The smallest absolute Gasteiger partial charge is 0.329 e. The first-order valence-electron chi connectivity index (χ1n) is 6.35. The molecule has 0 radical (unpaired) electrons. The van der Waals surface area contributed by atoms with Gasteiger partial charge >= 0.3 is 12.0 Å². The average molecular weight is 272 g/mol. The maximum atomic E-state index is 12.1. The zero-order valence-corrected chi connectivity index (χ0v) is 12.5. The molecule has 2 amide bonds. The Morgan fingerprint density at radius 3 is 2.32 bits per heavy atom. The maximum absolute atomic E-state index is 12.1. The number of amides is 2. The van der Waals surface area contributed by atoms with Crippen molar-refractivity contribution in [2.24, 2.45) is 5.41 Å². The molecular formula is C13H24N2O4. The molecule has 0 spiro atoms. The van der Waals surface area contributed by atoms with E-state index < -0.39 is 11.5 Å². The van der Waals surface area contributed by atoms with Crippen molar-refractivity contribution in [2.45, 2.75) is 51.8 Å². The van der Waals surface area contributed by atoms with Gasteiger partial charge in [-0.1, -0.05) is 13.8 Å². The first-order chi connectivity index (χ1) is 8.55. The minimum absolute atomic E-state index is 0.00278. The van der Waals surface area contributed by atoms with Crippen molar-refractivity contribution in [3.63, 3.8) is 0 Å². The van der Waals surface area contributed by atoms with Crippen LogP contribution in [-0.2, 0) is 9.53 Å². The van der Waals surface area contributed by atoms with E-state index in [-0.39, 0.29) is 23.6 Å². The van der Waals surface area contributed by atoms with E-state index in [1.807, 2.05) is 13.8 Å². The van der Waals surface area contributed by atoms with Crippen LogP contribution in [0.4, 0.5) is 4.79 Å². The molecule has 6 heteroatoms. The molecule has 2 unspecified atom stereocenters. The third-order valence-corrected chi connectivity index (χ3v) is 4.43. The minimum atomic E-state index is -1.24. The molecule has 0 aliphatic heterocycles. The lowest BCUT2D eigenvalue weighted by molar-refractivity contribution is -0.147. The van der Waals surface area contributed by atoms with E-state index in [9.17, 15) is 9.59 Å². The molecule has 0 bridgehead atoms. The molecule has 1 fully saturated rings. The number of hydrogen-bond donors (Lipinski definition) is 2. The summed E-state index contributed by atoms with van der Waals surface area (Å²) in [5.41, 5.74) is -1.38. The molecule has 0 heterocycles. The maximum Gasteiger partial charge on any atom is 0.329 e. The van der Waals surface area contributed by atoms with Crippen molar-refractivity contribution >= 4 is 12.0 Å². The number of carbonyl (C=O) groups excluding carboxylic acids is 1. The van der Waals surface area contributed by atoms with Gasteiger partial charge < -0.3 is 20.1 Å². The van der Waals surface area contributed by atoms with Crippen LogP contribution in [0.15, 0.2) is 0 Å². The lowest BCUT2D eigenvalue weighted by Crippen LogP contribution is -2.65. The topological polar surface area (TPSA) is 78.9 Å². The number of nitrogens with zero attached hydrogens (tertiary/aromatic N) is 1. The van der Waals surface area contributed by atoms with Crippen LogP contribution in [-0.4, -0.2) is 53.8 Å². The highest BCUT2D eigenvalue weighted by Gasteiger charge is 2.50. The Kier molecular flexibility index (Phi) is 4.14. The van der Waals surface area contributed by atoms with Gasteiger partial charge in [-0.25, -0.2) is 9.59 Å². The Balaban J connectivity index is 2.65. The van der Waals surface area contributed by atoms with E-state index in [1.165, 1.54) is 25.8 Å². The van der Waals surface area contributed by atoms with Gasteiger partial charge in [-0.05, 0) is 20.3 Å². The quantitative estimate of drug-likeness (QED) is 0.808. The van der Waals surface area contributed by atoms with E-state index in [0.29, 0.717) is 0 Å². The van der Waals surface area contributed by atoms with Crippen molar-refractivity contribution in [3.05, 3.63) is 0 Å². The van der Waals surface area contributed by atoms with Crippen LogP contribution in [0.25, 0.3) is 0 Å². The van der Waals surface area contributed by atoms with Crippen molar-refractivity contribution in [1.29, 1.82) is 0 Å². The van der Waals surface area contributed by atoms with Crippen molar-refractivity contribution in [2.75, 3.05) is 14.2 Å². The largest absolute Gasteiger partial charge is 0.480 e. The van der Waals surface area contributed by atoms with Gasteiger partial charge in [-0.15, -0.1) is 0 Å². The Labute approximate surface area is 114 Å². The van der Waals surface area contributed by atoms with Gasteiger partial charge in [-0.2, -0.15) is 0 Å². The summed E-state index contributed by atoms with van der Waals surface area (Å²) in [5, 5.41) is 12.0. The fraction of sp³-hybridized carbons (Fsp3) is 0.846. The number of carbonyl (C=O) groups is 2. The number of carboxylic acid groups (broad SMARTS) is 1. The first kappa shape index (κ1) is 15.8. The Morgan fingerprint density at radius 2 is 1.95 bits per heavy atom. The first-order valence-corrected chi connectivity index (χ1v) is 6.35. The molecule has 1 rings (SSSR count). The Hall–Kier alpha value is -1.30. The number of hydrogen-bond acceptors (Lipinski definition) is 3. The molecule has 0 aromatic carbocycles. The van der Waals surface area contributed by atoms with Crippen molar-refractivity contribution in [3.8, 4) is 0 Å². The van der Waals surface area contributed by atoms with Crippen LogP contribution in [0.5, 0.6) is 0 Å². The van der Waals surface area contributed by atoms with Crippen LogP contribution in [0, 0.1) is 5.41 Å². The van der Waals surface area contributed by atoms with E-state index in [4.69, 9.17) is 9.84 Å². The summed E-state index contributed by atoms with van der Waals surface area (Å²) >= 11 is 0. The number of methoxy groups -OCH3 is 1. The molecule has 2 N–H and O–H groups in total. The highest BCUT2D eigenvalue weighted by atomic mass is 16.5. The third-order valence-electron chi connectivity index (χ3n) is 4.43. The molecule has 1 aliphatic carbocycles. The molecule has 2 atom stereocenters. The molecule has 19 heavy (non-hydrogen) atoms. The van der Waals surface area contributed by atoms with Gasteiger partial charge in [0.2, 0.25) is 0 Å². The van der Waals surface area contributed by atoms with Crippen LogP contribution in [0.2, 0.25) is 0 Å². The van der Waals surface area contributed by atoms with Gasteiger partial charge in [-0.3, -0.25) is 0 Å². The van der Waals surface area contributed by atoms with Crippen LogP contribution in [0.3, 0.4) is 0 Å². The Bertz CT molecular complexity index is 379. The summed E-state index contributed by atoms with van der Waals surface area (Å²) < 4.78 is 5.32. The number of rotatable bonds is 4. The predicted octanol–water partition coefficient (Wildman–Crippen LogP) is 1.30. The highest BCUT2D eigenvalue weighted by Crippen LogP contribution is 2.42. The number of aliphatic carboxylic acids is 1. The van der Waals surface area contributed by atoms with E-state index in [2.05, 4.69) is 5.32 Å². The van der Waals surface area contributed by atoms with Crippen LogP contribution < -0.4 is 5.32 Å². The molecule has 0 aromatic heterocycles. The van der Waals surface area contributed by atoms with E-state index >= 15 is 0 Å². The van der Waals surface area contributed by atoms with Gasteiger partial charge in [0, 0.05) is 25.6 Å². The fourth-order valence-electron chi connectivity index (χ4n) is 2.17. The number of likely N-dealkylation sites (N-methyl/N-ethyl adjacent to an activating group) is 1. The van der Waals surface area contributed by atoms with Gasteiger partial charge in [0.25, 0.3) is 0 Å². The number of carboxylic acids is 1. The highest BCUT2D eigenvalue weighted by molar-refractivity contribution is 5.85. The van der Waals surface area contributed by atoms with Gasteiger partial charge in [0.15, 0.2) is 0 Å². The standard InChI is InChI=1S/C13H24N2O4/c1-12(2)8(7-9(12)19-6)14-11(18)15(5)13(3,4)10(16)17/h8-9H,7H2,1-6H3,(H,14,18)(H,16,17). The van der Waals surface area contributed by atoms with Gasteiger partial charge in [0.1, 0.15) is 5.54 Å².